The maximum atomic E-state index is 14.2. The first kappa shape index (κ1) is 27.7. The molecule has 3 aromatic rings. The molecular formula is C32H35N5O5. The Hall–Kier alpha value is -4.47. The van der Waals surface area contributed by atoms with E-state index in [0.29, 0.717) is 24.2 Å². The van der Waals surface area contributed by atoms with Crippen LogP contribution in [0.5, 0.6) is 5.88 Å². The van der Waals surface area contributed by atoms with Crippen molar-refractivity contribution >= 4 is 34.5 Å². The van der Waals surface area contributed by atoms with E-state index in [2.05, 4.69) is 20.6 Å². The monoisotopic (exact) mass is 569 g/mol. The lowest BCUT2D eigenvalue weighted by Crippen LogP contribution is -2.55. The Morgan fingerprint density at radius 1 is 1.05 bits per heavy atom. The number of fused-ring (bicyclic) bond motifs is 3. The van der Waals surface area contributed by atoms with Gasteiger partial charge in [-0.1, -0.05) is 55.3 Å². The van der Waals surface area contributed by atoms with E-state index in [-0.39, 0.29) is 24.8 Å². The molecule has 1 aliphatic carbocycles. The number of hydrogen-bond acceptors (Lipinski definition) is 7. The molecule has 218 valence electrons. The number of allylic oxidation sites excluding steroid dienone is 1. The minimum Gasteiger partial charge on any atom is -0.479 e. The van der Waals surface area contributed by atoms with Crippen LogP contribution in [0.2, 0.25) is 0 Å². The van der Waals surface area contributed by atoms with Crippen molar-refractivity contribution in [3.63, 3.8) is 0 Å². The summed E-state index contributed by atoms with van der Waals surface area (Å²) in [5, 5.41) is 16.3. The molecule has 3 aliphatic rings. The first-order valence-corrected chi connectivity index (χ1v) is 14.7. The molecule has 5 atom stereocenters. The summed E-state index contributed by atoms with van der Waals surface area (Å²) in [5.74, 6) is -1.72. The van der Waals surface area contributed by atoms with Crippen molar-refractivity contribution in [2.24, 2.45) is 5.92 Å². The van der Waals surface area contributed by atoms with Gasteiger partial charge in [-0.25, -0.2) is 14.8 Å². The van der Waals surface area contributed by atoms with Gasteiger partial charge in [-0.05, 0) is 49.9 Å². The minimum absolute atomic E-state index is 0.168. The normalized spacial score (nSPS) is 28.9. The smallest absolute Gasteiger partial charge is 0.330 e. The second-order valence-electron chi connectivity index (χ2n) is 11.4. The highest BCUT2D eigenvalue weighted by atomic mass is 16.5. The molecule has 10 heteroatoms. The number of amides is 2. The second kappa shape index (κ2) is 11.8. The Kier molecular flexibility index (Phi) is 7.78. The fraction of sp³-hybridized carbons (Fsp3) is 0.406. The molecule has 1 saturated heterocycles. The minimum atomic E-state index is -1.35. The van der Waals surface area contributed by atoms with E-state index in [0.717, 1.165) is 36.9 Å². The molecule has 2 aromatic carbocycles. The van der Waals surface area contributed by atoms with Gasteiger partial charge < -0.3 is 25.4 Å². The van der Waals surface area contributed by atoms with Crippen LogP contribution in [0.3, 0.4) is 0 Å². The first-order chi connectivity index (χ1) is 20.4. The van der Waals surface area contributed by atoms with Crippen molar-refractivity contribution < 1.29 is 24.2 Å². The SMILES string of the molecule is O=C1N[C@]2(C(=O)O)C[C@@H]2/C=C\CCCCC[C@H](Nc2ccccc2)C(=O)N2C[C@H](Oc3cnc4ccccc4n3)C[C@@H]12. The molecule has 6 rings (SSSR count). The van der Waals surface area contributed by atoms with Crippen molar-refractivity contribution in [2.45, 2.75) is 68.7 Å². The molecule has 0 unspecified atom stereocenters. The maximum Gasteiger partial charge on any atom is 0.330 e. The van der Waals surface area contributed by atoms with Crippen LogP contribution in [-0.2, 0) is 14.4 Å². The fourth-order valence-corrected chi connectivity index (χ4v) is 6.05. The van der Waals surface area contributed by atoms with E-state index in [1.165, 1.54) is 0 Å². The molecule has 3 heterocycles. The summed E-state index contributed by atoms with van der Waals surface area (Å²) in [6, 6.07) is 15.6. The van der Waals surface area contributed by atoms with Crippen molar-refractivity contribution in [3.05, 3.63) is 72.9 Å². The van der Waals surface area contributed by atoms with Crippen molar-refractivity contribution in [3.8, 4) is 5.88 Å². The molecule has 1 saturated carbocycles. The number of rotatable bonds is 5. The zero-order chi connectivity index (χ0) is 29.1. The van der Waals surface area contributed by atoms with E-state index in [9.17, 15) is 19.5 Å². The number of carbonyl (C=O) groups is 3. The van der Waals surface area contributed by atoms with Crippen LogP contribution >= 0.6 is 0 Å². The van der Waals surface area contributed by atoms with E-state index in [1.807, 2.05) is 66.7 Å². The molecular weight excluding hydrogens is 534 g/mol. The lowest BCUT2D eigenvalue weighted by molar-refractivity contribution is -0.145. The summed E-state index contributed by atoms with van der Waals surface area (Å²) in [4.78, 5) is 50.8. The Bertz CT molecular complexity index is 1500. The summed E-state index contributed by atoms with van der Waals surface area (Å²) < 4.78 is 6.19. The summed E-state index contributed by atoms with van der Waals surface area (Å²) in [7, 11) is 0. The first-order valence-electron chi connectivity index (χ1n) is 14.7. The topological polar surface area (TPSA) is 134 Å². The highest BCUT2D eigenvalue weighted by molar-refractivity contribution is 5.96. The van der Waals surface area contributed by atoms with Gasteiger partial charge in [0.1, 0.15) is 23.7 Å². The number of carbonyl (C=O) groups excluding carboxylic acids is 2. The third-order valence-corrected chi connectivity index (χ3v) is 8.45. The summed E-state index contributed by atoms with van der Waals surface area (Å²) >= 11 is 0. The Labute approximate surface area is 244 Å². The van der Waals surface area contributed by atoms with Gasteiger partial charge in [0.15, 0.2) is 0 Å². The zero-order valence-corrected chi connectivity index (χ0v) is 23.3. The van der Waals surface area contributed by atoms with E-state index in [1.54, 1.807) is 11.1 Å². The zero-order valence-electron chi connectivity index (χ0n) is 23.3. The highest BCUT2D eigenvalue weighted by Crippen LogP contribution is 2.45. The maximum absolute atomic E-state index is 14.2. The van der Waals surface area contributed by atoms with Crippen molar-refractivity contribution in [1.82, 2.24) is 20.2 Å². The lowest BCUT2D eigenvalue weighted by Gasteiger charge is -2.30. The number of carboxylic acids is 1. The number of anilines is 1. The molecule has 42 heavy (non-hydrogen) atoms. The van der Waals surface area contributed by atoms with Gasteiger partial charge in [-0.2, -0.15) is 0 Å². The standard InChI is InChI=1S/C32H35N5O5/c38-29-27-17-23(42-28-19-33-24-14-9-10-15-25(24)35-28)20-37(27)30(39)26(34-22-12-6-4-7-13-22)16-8-3-1-2-5-11-21-18-32(21,36-29)31(40)41/h4-7,9-15,19,21,23,26-27,34H,1-3,8,16-18,20H2,(H,36,38)(H,40,41)/b11-5-/t21-,23+,26-,27-,32+/m0/s1. The average Bonchev–Trinajstić information content (AvgIpc) is 3.53. The molecule has 2 fully saturated rings. The number of nitrogens with one attached hydrogen (secondary N) is 2. The molecule has 1 aromatic heterocycles. The van der Waals surface area contributed by atoms with Crippen LogP contribution in [-0.4, -0.2) is 68.0 Å². The predicted octanol–water partition coefficient (Wildman–Crippen LogP) is 3.94. The van der Waals surface area contributed by atoms with E-state index >= 15 is 0 Å². The largest absolute Gasteiger partial charge is 0.479 e. The molecule has 0 spiro atoms. The van der Waals surface area contributed by atoms with Crippen LogP contribution in [0.4, 0.5) is 5.69 Å². The number of aliphatic carboxylic acids is 1. The molecule has 2 amide bonds. The lowest BCUT2D eigenvalue weighted by atomic mass is 10.0. The summed E-state index contributed by atoms with van der Waals surface area (Å²) in [6.45, 7) is 0.168. The summed E-state index contributed by atoms with van der Waals surface area (Å²) in [6.07, 6.45) is 9.64. The number of nitrogens with zero attached hydrogens (tertiary/aromatic N) is 3. The van der Waals surface area contributed by atoms with Gasteiger partial charge in [0, 0.05) is 18.0 Å². The van der Waals surface area contributed by atoms with Crippen LogP contribution in [0.25, 0.3) is 11.0 Å². The number of hydrogen-bond donors (Lipinski definition) is 3. The molecule has 3 N–H and O–H groups in total. The van der Waals surface area contributed by atoms with Gasteiger partial charge >= 0.3 is 5.97 Å². The van der Waals surface area contributed by atoms with Crippen LogP contribution in [0, 0.1) is 5.92 Å². The third-order valence-electron chi connectivity index (χ3n) is 8.45. The average molecular weight is 570 g/mol. The number of para-hydroxylation sites is 3. The van der Waals surface area contributed by atoms with Gasteiger partial charge in [0.05, 0.1) is 23.8 Å². The van der Waals surface area contributed by atoms with Crippen LogP contribution in [0.15, 0.2) is 72.9 Å². The van der Waals surface area contributed by atoms with Gasteiger partial charge in [-0.15, -0.1) is 0 Å². The van der Waals surface area contributed by atoms with Crippen LogP contribution < -0.4 is 15.4 Å². The van der Waals surface area contributed by atoms with Gasteiger partial charge in [0.2, 0.25) is 17.7 Å². The Morgan fingerprint density at radius 2 is 1.83 bits per heavy atom. The second-order valence-corrected chi connectivity index (χ2v) is 11.4. The van der Waals surface area contributed by atoms with Crippen LogP contribution in [0.1, 0.15) is 44.9 Å². The number of ether oxygens (including phenoxy) is 1. The van der Waals surface area contributed by atoms with Gasteiger partial charge in [0.25, 0.3) is 0 Å². The van der Waals surface area contributed by atoms with E-state index < -0.39 is 35.6 Å². The van der Waals surface area contributed by atoms with Gasteiger partial charge in [-0.3, -0.25) is 9.59 Å². The fourth-order valence-electron chi connectivity index (χ4n) is 6.05. The van der Waals surface area contributed by atoms with Crippen molar-refractivity contribution in [2.75, 3.05) is 11.9 Å². The predicted molar refractivity (Wildman–Crippen MR) is 157 cm³/mol. The molecule has 10 nitrogen and oxygen atoms in total. The molecule has 0 bridgehead atoms. The van der Waals surface area contributed by atoms with Crippen molar-refractivity contribution in [1.29, 1.82) is 0 Å². The number of aromatic nitrogens is 2. The number of benzene rings is 2. The number of carboxylic acid groups (broad SMARTS) is 1. The highest BCUT2D eigenvalue weighted by Gasteiger charge is 2.61. The molecule has 2 aliphatic heterocycles. The summed E-state index contributed by atoms with van der Waals surface area (Å²) in [5.41, 5.74) is 0.884. The Morgan fingerprint density at radius 3 is 2.64 bits per heavy atom. The quantitative estimate of drug-likeness (QED) is 0.394. The Balaban J connectivity index is 1.28. The molecule has 0 radical (unpaired) electrons. The third kappa shape index (κ3) is 5.79. The van der Waals surface area contributed by atoms with E-state index in [4.69, 9.17) is 4.74 Å².